The summed E-state index contributed by atoms with van der Waals surface area (Å²) in [5.74, 6) is 1.01. The molecule has 4 heteroatoms. The third-order valence-electron chi connectivity index (χ3n) is 2.78. The summed E-state index contributed by atoms with van der Waals surface area (Å²) in [6, 6.07) is 8.42. The Hall–Kier alpha value is -1.13. The second-order valence-corrected chi connectivity index (χ2v) is 6.09. The van der Waals surface area contributed by atoms with Crippen molar-refractivity contribution in [3.05, 3.63) is 45.5 Å². The first-order valence-electron chi connectivity index (χ1n) is 5.37. The van der Waals surface area contributed by atoms with E-state index in [0.29, 0.717) is 0 Å². The molecule has 3 aromatic heterocycles. The van der Waals surface area contributed by atoms with E-state index in [9.17, 15) is 0 Å². The first-order chi connectivity index (χ1) is 8.16. The third kappa shape index (κ3) is 1.72. The molecule has 0 aliphatic carbocycles. The molecule has 3 aromatic rings. The van der Waals surface area contributed by atoms with Crippen LogP contribution in [-0.4, -0.2) is 9.38 Å². The molecule has 0 N–H and O–H groups in total. The van der Waals surface area contributed by atoms with Gasteiger partial charge in [-0.2, -0.15) is 0 Å². The van der Waals surface area contributed by atoms with Gasteiger partial charge in [0.25, 0.3) is 0 Å². The van der Waals surface area contributed by atoms with Gasteiger partial charge in [0.05, 0.1) is 10.4 Å². The fraction of sp³-hybridized carbons (Fsp3) is 0.154. The van der Waals surface area contributed by atoms with Crippen molar-refractivity contribution < 1.29 is 0 Å². The van der Waals surface area contributed by atoms with Crippen LogP contribution < -0.4 is 0 Å². The SMILES string of the molecule is Cc1ccc(-c2nc(Br)c3c(C)cccn23)s1. The minimum atomic E-state index is 0.914. The van der Waals surface area contributed by atoms with Crippen molar-refractivity contribution in [2.24, 2.45) is 0 Å². The van der Waals surface area contributed by atoms with Crippen LogP contribution >= 0.6 is 27.3 Å². The largest absolute Gasteiger partial charge is 0.298 e. The number of pyridine rings is 1. The lowest BCUT2D eigenvalue weighted by Gasteiger charge is -2.00. The maximum Gasteiger partial charge on any atom is 0.156 e. The molecule has 17 heavy (non-hydrogen) atoms. The zero-order valence-corrected chi connectivity index (χ0v) is 12.0. The number of hydrogen-bond acceptors (Lipinski definition) is 2. The van der Waals surface area contributed by atoms with E-state index >= 15 is 0 Å². The van der Waals surface area contributed by atoms with Crippen LogP contribution in [0.4, 0.5) is 0 Å². The Kier molecular flexibility index (Phi) is 2.56. The average molecular weight is 307 g/mol. The van der Waals surface area contributed by atoms with Crippen LogP contribution in [0.2, 0.25) is 0 Å². The van der Waals surface area contributed by atoms with Gasteiger partial charge in [0.15, 0.2) is 5.82 Å². The fourth-order valence-corrected chi connectivity index (χ4v) is 3.51. The van der Waals surface area contributed by atoms with Gasteiger partial charge >= 0.3 is 0 Å². The molecule has 0 unspecified atom stereocenters. The fourth-order valence-electron chi connectivity index (χ4n) is 1.98. The molecule has 0 aliphatic rings. The summed E-state index contributed by atoms with van der Waals surface area (Å²) in [6.45, 7) is 4.22. The van der Waals surface area contributed by atoms with Crippen LogP contribution in [0.25, 0.3) is 16.2 Å². The molecular weight excluding hydrogens is 296 g/mol. The van der Waals surface area contributed by atoms with Crippen molar-refractivity contribution >= 4 is 32.8 Å². The van der Waals surface area contributed by atoms with Crippen LogP contribution in [0.5, 0.6) is 0 Å². The average Bonchev–Trinajstić information content (AvgIpc) is 2.84. The normalized spacial score (nSPS) is 11.2. The molecule has 0 atom stereocenters. The Balaban J connectivity index is 2.35. The van der Waals surface area contributed by atoms with Gasteiger partial charge in [-0.15, -0.1) is 11.3 Å². The maximum absolute atomic E-state index is 4.62. The second kappa shape index (κ2) is 3.96. The summed E-state index contributed by atoms with van der Waals surface area (Å²) in [5.41, 5.74) is 2.37. The highest BCUT2D eigenvalue weighted by molar-refractivity contribution is 9.10. The van der Waals surface area contributed by atoms with E-state index < -0.39 is 0 Å². The zero-order chi connectivity index (χ0) is 12.0. The lowest BCUT2D eigenvalue weighted by Crippen LogP contribution is -1.88. The number of rotatable bonds is 1. The van der Waals surface area contributed by atoms with E-state index in [2.05, 4.69) is 69.6 Å². The minimum absolute atomic E-state index is 0.914. The number of aryl methyl sites for hydroxylation is 2. The van der Waals surface area contributed by atoms with Crippen molar-refractivity contribution in [2.45, 2.75) is 13.8 Å². The number of halogens is 1. The van der Waals surface area contributed by atoms with Gasteiger partial charge in [-0.05, 0) is 53.5 Å². The van der Waals surface area contributed by atoms with Gasteiger partial charge in [-0.25, -0.2) is 4.98 Å². The first kappa shape index (κ1) is 11.0. The Bertz CT molecular complexity index is 697. The van der Waals surface area contributed by atoms with Crippen molar-refractivity contribution in [1.29, 1.82) is 0 Å². The van der Waals surface area contributed by atoms with Crippen LogP contribution in [0.3, 0.4) is 0 Å². The predicted molar refractivity (Wildman–Crippen MR) is 75.7 cm³/mol. The molecule has 86 valence electrons. The number of nitrogens with zero attached hydrogens (tertiary/aromatic N) is 2. The van der Waals surface area contributed by atoms with Crippen molar-refractivity contribution in [2.75, 3.05) is 0 Å². The van der Waals surface area contributed by atoms with Gasteiger partial charge in [0.1, 0.15) is 4.60 Å². The Morgan fingerprint density at radius 3 is 2.76 bits per heavy atom. The molecule has 0 bridgehead atoms. The number of hydrogen-bond donors (Lipinski definition) is 0. The number of fused-ring (bicyclic) bond motifs is 1. The highest BCUT2D eigenvalue weighted by atomic mass is 79.9. The van der Waals surface area contributed by atoms with E-state index in [4.69, 9.17) is 0 Å². The monoisotopic (exact) mass is 306 g/mol. The Morgan fingerprint density at radius 2 is 2.06 bits per heavy atom. The number of thiophene rings is 1. The van der Waals surface area contributed by atoms with E-state index in [1.54, 1.807) is 11.3 Å². The zero-order valence-electron chi connectivity index (χ0n) is 9.57. The summed E-state index contributed by atoms with van der Waals surface area (Å²) in [4.78, 5) is 7.13. The van der Waals surface area contributed by atoms with Gasteiger partial charge in [0.2, 0.25) is 0 Å². The summed E-state index contributed by atoms with van der Waals surface area (Å²) in [7, 11) is 0. The quantitative estimate of drug-likeness (QED) is 0.649. The molecule has 0 aromatic carbocycles. The number of aromatic nitrogens is 2. The van der Waals surface area contributed by atoms with Gasteiger partial charge in [-0.3, -0.25) is 4.40 Å². The lowest BCUT2D eigenvalue weighted by molar-refractivity contribution is 1.16. The van der Waals surface area contributed by atoms with Gasteiger partial charge in [0, 0.05) is 11.1 Å². The highest BCUT2D eigenvalue weighted by Gasteiger charge is 2.13. The second-order valence-electron chi connectivity index (χ2n) is 4.05. The first-order valence-corrected chi connectivity index (χ1v) is 6.98. The molecule has 0 fully saturated rings. The summed E-state index contributed by atoms with van der Waals surface area (Å²) < 4.78 is 3.06. The third-order valence-corrected chi connectivity index (χ3v) is 4.33. The smallest absolute Gasteiger partial charge is 0.156 e. The molecule has 0 spiro atoms. The topological polar surface area (TPSA) is 17.3 Å². The maximum atomic E-state index is 4.62. The van der Waals surface area contributed by atoms with E-state index in [-0.39, 0.29) is 0 Å². The predicted octanol–water partition coefficient (Wildman–Crippen LogP) is 4.44. The van der Waals surface area contributed by atoms with Crippen LogP contribution in [-0.2, 0) is 0 Å². The number of imidazole rings is 1. The van der Waals surface area contributed by atoms with Crippen molar-refractivity contribution in [1.82, 2.24) is 9.38 Å². The molecule has 3 heterocycles. The molecule has 0 radical (unpaired) electrons. The standard InChI is InChI=1S/C13H11BrN2S/c1-8-4-3-7-16-11(8)12(14)15-13(16)10-6-5-9(2)17-10/h3-7H,1-2H3. The van der Waals surface area contributed by atoms with Crippen molar-refractivity contribution in [3.8, 4) is 10.7 Å². The highest BCUT2D eigenvalue weighted by Crippen LogP contribution is 2.31. The molecule has 3 rings (SSSR count). The molecular formula is C13H11BrN2S. The summed E-state index contributed by atoms with van der Waals surface area (Å²) in [5, 5.41) is 0. The molecule has 0 saturated carbocycles. The van der Waals surface area contributed by atoms with Crippen molar-refractivity contribution in [3.63, 3.8) is 0 Å². The molecule has 0 aliphatic heterocycles. The van der Waals surface area contributed by atoms with E-state index in [1.165, 1.54) is 15.3 Å². The van der Waals surface area contributed by atoms with Gasteiger partial charge in [-0.1, -0.05) is 6.07 Å². The molecule has 0 amide bonds. The van der Waals surface area contributed by atoms with Gasteiger partial charge < -0.3 is 0 Å². The Labute approximate surface area is 112 Å². The lowest BCUT2D eigenvalue weighted by atomic mass is 10.2. The van der Waals surface area contributed by atoms with Crippen LogP contribution in [0.1, 0.15) is 10.4 Å². The minimum Gasteiger partial charge on any atom is -0.298 e. The Morgan fingerprint density at radius 1 is 1.24 bits per heavy atom. The van der Waals surface area contributed by atoms with E-state index in [1.807, 2.05) is 0 Å². The van der Waals surface area contributed by atoms with Crippen LogP contribution in [0, 0.1) is 13.8 Å². The van der Waals surface area contributed by atoms with Crippen LogP contribution in [0.15, 0.2) is 35.1 Å². The molecule has 2 nitrogen and oxygen atoms in total. The molecule has 0 saturated heterocycles. The summed E-state index contributed by atoms with van der Waals surface area (Å²) >= 11 is 5.32. The summed E-state index contributed by atoms with van der Waals surface area (Å²) in [6.07, 6.45) is 2.06. The van der Waals surface area contributed by atoms with E-state index in [0.717, 1.165) is 15.9 Å².